The molecule has 0 radical (unpaired) electrons. The van der Waals surface area contributed by atoms with Gasteiger partial charge in [0.25, 0.3) is 5.69 Å². The highest BCUT2D eigenvalue weighted by atomic mass is 32.2. The van der Waals surface area contributed by atoms with Gasteiger partial charge in [-0.15, -0.1) is 22.0 Å². The second-order valence-corrected chi connectivity index (χ2v) is 13.9. The van der Waals surface area contributed by atoms with Gasteiger partial charge in [0, 0.05) is 11.3 Å². The second kappa shape index (κ2) is 14.6. The maximum absolute atomic E-state index is 13.5. The number of amides is 1. The van der Waals surface area contributed by atoms with E-state index in [-0.39, 0.29) is 11.6 Å². The van der Waals surface area contributed by atoms with Crippen molar-refractivity contribution in [2.75, 3.05) is 12.8 Å². The summed E-state index contributed by atoms with van der Waals surface area (Å²) in [6.07, 6.45) is 0.304. The van der Waals surface area contributed by atoms with Gasteiger partial charge in [-0.3, -0.25) is 14.9 Å². The first-order valence-electron chi connectivity index (χ1n) is 13.6. The largest absolute Gasteiger partial charge is 0.388 e. The molecule has 226 valence electrons. The van der Waals surface area contributed by atoms with Crippen molar-refractivity contribution in [2.24, 2.45) is 5.92 Å². The van der Waals surface area contributed by atoms with Gasteiger partial charge < -0.3 is 30.7 Å². The smallest absolute Gasteiger partial charge is 0.279 e. The van der Waals surface area contributed by atoms with Gasteiger partial charge in [0.05, 0.1) is 22.6 Å². The summed E-state index contributed by atoms with van der Waals surface area (Å²) in [5.74, 6) is 0.219. The van der Waals surface area contributed by atoms with Gasteiger partial charge in [-0.25, -0.2) is 0 Å². The average molecular weight is 628 g/mol. The molecule has 2 aromatic rings. The molecule has 0 bridgehead atoms. The van der Waals surface area contributed by atoms with Crippen molar-refractivity contribution in [1.82, 2.24) is 20.8 Å². The fraction of sp³-hybridized carbons (Fsp3) is 0.654. The van der Waals surface area contributed by atoms with Crippen LogP contribution in [-0.2, 0) is 9.53 Å². The minimum atomic E-state index is -1.46. The molecule has 12 nitrogen and oxygen atoms in total. The van der Waals surface area contributed by atoms with Crippen LogP contribution in [0.2, 0.25) is 0 Å². The highest BCUT2D eigenvalue weighted by Gasteiger charge is 2.48. The van der Waals surface area contributed by atoms with Crippen molar-refractivity contribution in [3.05, 3.63) is 34.4 Å². The fourth-order valence-electron chi connectivity index (χ4n) is 5.38. The number of nitrogens with one attached hydrogen (secondary N) is 2. The van der Waals surface area contributed by atoms with Crippen LogP contribution in [0.15, 0.2) is 28.6 Å². The average Bonchev–Trinajstić information content (AvgIpc) is 3.43. The van der Waals surface area contributed by atoms with Crippen LogP contribution in [0.1, 0.15) is 39.5 Å². The number of nitro groups is 1. The molecule has 41 heavy (non-hydrogen) atoms. The first-order valence-corrected chi connectivity index (χ1v) is 16.6. The molecule has 0 unspecified atom stereocenters. The predicted octanol–water partition coefficient (Wildman–Crippen LogP) is 2.42. The molecule has 1 aromatic carbocycles. The number of aromatic nitrogens is 2. The molecule has 0 saturated carbocycles. The van der Waals surface area contributed by atoms with E-state index in [4.69, 9.17) is 4.74 Å². The number of hydrogen-bond acceptors (Lipinski definition) is 13. The molecule has 1 amide bonds. The van der Waals surface area contributed by atoms with Crippen molar-refractivity contribution in [2.45, 2.75) is 91.1 Å². The Morgan fingerprint density at radius 3 is 2.73 bits per heavy atom. The number of hydrogen-bond donors (Lipinski definition) is 5. The van der Waals surface area contributed by atoms with Gasteiger partial charge in [-0.05, 0) is 37.6 Å². The molecule has 0 aliphatic carbocycles. The Morgan fingerprint density at radius 1 is 1.27 bits per heavy atom. The lowest BCUT2D eigenvalue weighted by Gasteiger charge is -2.44. The molecule has 3 heterocycles. The summed E-state index contributed by atoms with van der Waals surface area (Å²) in [5.41, 5.74) is -0.520. The number of benzene rings is 1. The van der Waals surface area contributed by atoms with Crippen LogP contribution in [0.25, 0.3) is 10.6 Å². The summed E-state index contributed by atoms with van der Waals surface area (Å²) >= 11 is 3.67. The van der Waals surface area contributed by atoms with Crippen molar-refractivity contribution >= 4 is 46.5 Å². The van der Waals surface area contributed by atoms with Gasteiger partial charge >= 0.3 is 0 Å². The summed E-state index contributed by atoms with van der Waals surface area (Å²) in [5, 5.41) is 58.2. The summed E-state index contributed by atoms with van der Waals surface area (Å²) in [6, 6.07) is 5.13. The zero-order valence-electron chi connectivity index (χ0n) is 23.1. The molecule has 1 aromatic heterocycles. The van der Waals surface area contributed by atoms with E-state index < -0.39 is 52.1 Å². The second-order valence-electron chi connectivity index (χ2n) is 10.4. The molecule has 15 heteroatoms. The van der Waals surface area contributed by atoms with E-state index in [1.165, 1.54) is 40.9 Å². The van der Waals surface area contributed by atoms with Gasteiger partial charge in [0.1, 0.15) is 29.9 Å². The number of aliphatic hydroxyl groups excluding tert-OH is 3. The molecule has 2 fully saturated rings. The Hall–Kier alpha value is -1.85. The number of carbonyl (C=O) groups excluding carboxylic acids is 1. The van der Waals surface area contributed by atoms with Crippen LogP contribution >= 0.6 is 34.9 Å². The standard InChI is InChI=1S/C26H37N5O7S3/c1-4-7-14-10-11-27-16(12-14)23(35)28-18(22-20(33)19(32)21(34)25(38-22)39-3)13(2)40-26-30-29-24(41-26)15-8-5-6-9-17(15)31(36)37/h5-6,8-9,13-14,16,18-22,25,27,32-34H,4,7,10-12H2,1-3H3,(H,28,35)/t13-,14+,16-,18+,19-,20+,21+,22+,25+/m0/s1. The van der Waals surface area contributed by atoms with Crippen molar-refractivity contribution in [3.63, 3.8) is 0 Å². The lowest BCUT2D eigenvalue weighted by atomic mass is 9.88. The highest BCUT2D eigenvalue weighted by Crippen LogP contribution is 2.38. The predicted molar refractivity (Wildman–Crippen MR) is 159 cm³/mol. The van der Waals surface area contributed by atoms with E-state index in [2.05, 4.69) is 27.8 Å². The van der Waals surface area contributed by atoms with Crippen LogP contribution < -0.4 is 10.6 Å². The van der Waals surface area contributed by atoms with E-state index in [1.54, 1.807) is 24.5 Å². The maximum atomic E-state index is 13.5. The van der Waals surface area contributed by atoms with Crippen LogP contribution in [0.5, 0.6) is 0 Å². The lowest BCUT2D eigenvalue weighted by Crippen LogP contribution is -2.65. The van der Waals surface area contributed by atoms with E-state index in [9.17, 15) is 30.2 Å². The number of ether oxygens (including phenoxy) is 1. The Kier molecular flexibility index (Phi) is 11.4. The SMILES string of the molecule is CCC[C@@H]1CCN[C@H](C(=O)N[C@@H]([C@H]2O[C@H](SC)[C@H](O)[C@@H](O)[C@H]2O)[C@H](C)Sc2nnc(-c3ccccc3[N+](=O)[O-])s2)C1. The number of rotatable bonds is 11. The summed E-state index contributed by atoms with van der Waals surface area (Å²) in [7, 11) is 0. The Balaban J connectivity index is 1.57. The van der Waals surface area contributed by atoms with Gasteiger partial charge in [0.2, 0.25) is 5.91 Å². The number of thioether (sulfide) groups is 2. The van der Waals surface area contributed by atoms with Gasteiger partial charge in [-0.2, -0.15) is 0 Å². The fourth-order valence-corrected chi connectivity index (χ4v) is 8.33. The third kappa shape index (κ3) is 7.57. The first-order chi connectivity index (χ1) is 19.6. The molecule has 2 aliphatic rings. The summed E-state index contributed by atoms with van der Waals surface area (Å²) < 4.78 is 6.57. The molecular formula is C26H37N5O7S3. The number of carbonyl (C=O) groups is 1. The summed E-state index contributed by atoms with van der Waals surface area (Å²) in [4.78, 5) is 24.6. The number of para-hydroxylation sites is 1. The van der Waals surface area contributed by atoms with Crippen molar-refractivity contribution in [3.8, 4) is 10.6 Å². The molecule has 0 spiro atoms. The maximum Gasteiger partial charge on any atom is 0.279 e. The Morgan fingerprint density at radius 2 is 2.02 bits per heavy atom. The Labute approximate surface area is 251 Å². The lowest BCUT2D eigenvalue weighted by molar-refractivity contribution is -0.384. The molecule has 9 atom stereocenters. The van der Waals surface area contributed by atoms with E-state index in [0.717, 1.165) is 25.8 Å². The van der Waals surface area contributed by atoms with E-state index in [1.807, 2.05) is 6.92 Å². The number of nitro benzene ring substituents is 1. The van der Waals surface area contributed by atoms with Crippen LogP contribution in [-0.4, -0.2) is 96.3 Å². The Bertz CT molecular complexity index is 1190. The molecule has 2 aliphatic heterocycles. The monoisotopic (exact) mass is 627 g/mol. The minimum absolute atomic E-state index is 0.0749. The topological polar surface area (TPSA) is 180 Å². The molecule has 2 saturated heterocycles. The van der Waals surface area contributed by atoms with E-state index in [0.29, 0.717) is 27.2 Å². The van der Waals surface area contributed by atoms with Crippen LogP contribution in [0, 0.1) is 16.0 Å². The van der Waals surface area contributed by atoms with Gasteiger partial charge in [0.15, 0.2) is 9.35 Å². The highest BCUT2D eigenvalue weighted by molar-refractivity contribution is 8.01. The molecular weight excluding hydrogens is 591 g/mol. The molecule has 4 rings (SSSR count). The zero-order chi connectivity index (χ0) is 29.7. The van der Waals surface area contributed by atoms with Crippen LogP contribution in [0.3, 0.4) is 0 Å². The number of piperidine rings is 1. The van der Waals surface area contributed by atoms with Gasteiger partial charge in [-0.1, -0.05) is 61.9 Å². The quantitative estimate of drug-likeness (QED) is 0.140. The third-order valence-electron chi connectivity index (χ3n) is 7.56. The normalized spacial score (nSPS) is 30.0. The van der Waals surface area contributed by atoms with Crippen LogP contribution in [0.4, 0.5) is 5.69 Å². The molecule has 5 N–H and O–H groups in total. The van der Waals surface area contributed by atoms with Crippen molar-refractivity contribution in [1.29, 1.82) is 0 Å². The first kappa shape index (κ1) is 32.1. The van der Waals surface area contributed by atoms with Crippen molar-refractivity contribution < 1.29 is 29.8 Å². The van der Waals surface area contributed by atoms with E-state index >= 15 is 0 Å². The zero-order valence-corrected chi connectivity index (χ0v) is 25.5. The minimum Gasteiger partial charge on any atom is -0.388 e. The summed E-state index contributed by atoms with van der Waals surface area (Å²) in [6.45, 7) is 4.71. The number of nitrogens with zero attached hydrogens (tertiary/aromatic N) is 3. The third-order valence-corrected chi connectivity index (χ3v) is 10.7. The number of aliphatic hydroxyl groups is 3.